The Morgan fingerprint density at radius 2 is 1.57 bits per heavy atom. The molecule has 148 valence electrons. The Labute approximate surface area is 176 Å². The van der Waals surface area contributed by atoms with Crippen LogP contribution >= 0.6 is 27.5 Å². The zero-order valence-corrected chi connectivity index (χ0v) is 17.8. The molecule has 0 aliphatic carbocycles. The third-order valence-corrected chi connectivity index (χ3v) is 5.15. The van der Waals surface area contributed by atoms with Gasteiger partial charge in [-0.05, 0) is 71.2 Å². The Hall–Kier alpha value is -2.38. The van der Waals surface area contributed by atoms with Crippen molar-refractivity contribution in [1.29, 1.82) is 0 Å². The van der Waals surface area contributed by atoms with Gasteiger partial charge in [-0.3, -0.25) is 14.4 Å². The van der Waals surface area contributed by atoms with E-state index in [1.165, 1.54) is 0 Å². The maximum atomic E-state index is 11.9. The highest BCUT2D eigenvalue weighted by Crippen LogP contribution is 2.25. The summed E-state index contributed by atoms with van der Waals surface area (Å²) in [5.41, 5.74) is 3.36. The van der Waals surface area contributed by atoms with Crippen LogP contribution in [-0.2, 0) is 19.1 Å². The number of hydrogen-bond donors (Lipinski definition) is 2. The molecule has 0 aromatic heterocycles. The van der Waals surface area contributed by atoms with Crippen molar-refractivity contribution in [1.82, 2.24) is 0 Å². The van der Waals surface area contributed by atoms with Gasteiger partial charge in [0.25, 0.3) is 5.91 Å². The van der Waals surface area contributed by atoms with Gasteiger partial charge in [-0.25, -0.2) is 0 Å². The quantitative estimate of drug-likeness (QED) is 0.582. The molecule has 0 atom stereocenters. The Balaban J connectivity index is 1.71. The first-order valence-electron chi connectivity index (χ1n) is 8.52. The summed E-state index contributed by atoms with van der Waals surface area (Å²) in [6.07, 6.45) is -0.149. The number of nitrogens with one attached hydrogen (secondary N) is 2. The molecule has 0 spiro atoms. The summed E-state index contributed by atoms with van der Waals surface area (Å²) in [6, 6.07) is 10.5. The third-order valence-electron chi connectivity index (χ3n) is 3.91. The summed E-state index contributed by atoms with van der Waals surface area (Å²) < 4.78 is 5.60. The Bertz CT molecular complexity index is 830. The van der Waals surface area contributed by atoms with E-state index in [0.29, 0.717) is 20.9 Å². The SMILES string of the molecule is Cc1ccc(NC(=O)CCC(=O)OCC(=O)Nc2ccc(Br)c(Cl)c2)cc1C. The van der Waals surface area contributed by atoms with Gasteiger partial charge in [0.1, 0.15) is 0 Å². The van der Waals surface area contributed by atoms with Gasteiger partial charge in [-0.15, -0.1) is 0 Å². The van der Waals surface area contributed by atoms with Crippen LogP contribution in [0.5, 0.6) is 0 Å². The fourth-order valence-corrected chi connectivity index (χ4v) is 2.67. The molecule has 2 rings (SSSR count). The number of anilines is 2. The lowest BCUT2D eigenvalue weighted by Gasteiger charge is -2.09. The minimum atomic E-state index is -0.626. The van der Waals surface area contributed by atoms with Crippen LogP contribution < -0.4 is 10.6 Å². The van der Waals surface area contributed by atoms with E-state index in [1.807, 2.05) is 26.0 Å². The van der Waals surface area contributed by atoms with E-state index in [0.717, 1.165) is 11.1 Å². The van der Waals surface area contributed by atoms with Crippen molar-refractivity contribution in [2.45, 2.75) is 26.7 Å². The van der Waals surface area contributed by atoms with Crippen LogP contribution in [0, 0.1) is 13.8 Å². The van der Waals surface area contributed by atoms with Gasteiger partial charge in [0.05, 0.1) is 11.4 Å². The maximum absolute atomic E-state index is 11.9. The zero-order chi connectivity index (χ0) is 20.7. The van der Waals surface area contributed by atoms with Crippen molar-refractivity contribution < 1.29 is 19.1 Å². The van der Waals surface area contributed by atoms with Crippen LogP contribution in [0.25, 0.3) is 0 Å². The first-order valence-corrected chi connectivity index (χ1v) is 9.69. The molecule has 0 heterocycles. The summed E-state index contributed by atoms with van der Waals surface area (Å²) in [5.74, 6) is -1.42. The van der Waals surface area contributed by atoms with Gasteiger partial charge in [-0.1, -0.05) is 17.7 Å². The number of amides is 2. The Morgan fingerprint density at radius 3 is 2.25 bits per heavy atom. The summed E-state index contributed by atoms with van der Waals surface area (Å²) in [7, 11) is 0. The third kappa shape index (κ3) is 6.98. The molecule has 8 heteroatoms. The Kier molecular flexibility index (Phi) is 8.02. The number of esters is 1. The summed E-state index contributed by atoms with van der Waals surface area (Å²) in [5, 5.41) is 5.75. The van der Waals surface area contributed by atoms with Gasteiger partial charge in [0.15, 0.2) is 6.61 Å². The number of benzene rings is 2. The molecule has 0 aliphatic heterocycles. The molecule has 2 aromatic rings. The van der Waals surface area contributed by atoms with E-state index in [4.69, 9.17) is 16.3 Å². The van der Waals surface area contributed by atoms with E-state index in [-0.39, 0.29) is 18.7 Å². The highest BCUT2D eigenvalue weighted by atomic mass is 79.9. The van der Waals surface area contributed by atoms with Crippen LogP contribution in [0.4, 0.5) is 11.4 Å². The van der Waals surface area contributed by atoms with Crippen LogP contribution in [0.15, 0.2) is 40.9 Å². The van der Waals surface area contributed by atoms with Crippen molar-refractivity contribution in [2.75, 3.05) is 17.2 Å². The van der Waals surface area contributed by atoms with Crippen molar-refractivity contribution in [3.63, 3.8) is 0 Å². The molecule has 2 N–H and O–H groups in total. The first kappa shape index (κ1) is 21.9. The predicted octanol–water partition coefficient (Wildman–Crippen LogP) is 4.62. The lowest BCUT2D eigenvalue weighted by Crippen LogP contribution is -2.21. The molecule has 0 radical (unpaired) electrons. The zero-order valence-electron chi connectivity index (χ0n) is 15.5. The van der Waals surface area contributed by atoms with Crippen LogP contribution in [-0.4, -0.2) is 24.4 Å². The molecule has 0 unspecified atom stereocenters. The number of halogens is 2. The average Bonchev–Trinajstić information content (AvgIpc) is 2.64. The number of carbonyl (C=O) groups excluding carboxylic acids is 3. The largest absolute Gasteiger partial charge is 0.456 e. The number of rotatable bonds is 7. The van der Waals surface area contributed by atoms with Gasteiger partial charge < -0.3 is 15.4 Å². The van der Waals surface area contributed by atoms with E-state index in [2.05, 4.69) is 26.6 Å². The second-order valence-electron chi connectivity index (χ2n) is 6.18. The smallest absolute Gasteiger partial charge is 0.306 e. The van der Waals surface area contributed by atoms with Crippen molar-refractivity contribution in [2.24, 2.45) is 0 Å². The average molecular weight is 468 g/mol. The van der Waals surface area contributed by atoms with Crippen LogP contribution in [0.1, 0.15) is 24.0 Å². The van der Waals surface area contributed by atoms with Crippen LogP contribution in [0.3, 0.4) is 0 Å². The minimum absolute atomic E-state index is 0.0320. The molecular weight excluding hydrogens is 448 g/mol. The molecule has 28 heavy (non-hydrogen) atoms. The fourth-order valence-electron chi connectivity index (χ4n) is 2.25. The molecule has 0 aliphatic rings. The van der Waals surface area contributed by atoms with Crippen molar-refractivity contribution in [3.8, 4) is 0 Å². The topological polar surface area (TPSA) is 84.5 Å². The second-order valence-corrected chi connectivity index (χ2v) is 7.45. The van der Waals surface area contributed by atoms with Gasteiger partial charge in [-0.2, -0.15) is 0 Å². The summed E-state index contributed by atoms with van der Waals surface area (Å²) in [4.78, 5) is 35.5. The highest BCUT2D eigenvalue weighted by molar-refractivity contribution is 9.10. The molecule has 0 bridgehead atoms. The number of carbonyl (C=O) groups is 3. The molecule has 0 fully saturated rings. The molecule has 6 nitrogen and oxygen atoms in total. The molecule has 2 aromatic carbocycles. The maximum Gasteiger partial charge on any atom is 0.306 e. The molecular formula is C20H20BrClN2O4. The molecule has 0 saturated carbocycles. The van der Waals surface area contributed by atoms with Gasteiger partial charge >= 0.3 is 5.97 Å². The summed E-state index contributed by atoms with van der Waals surface area (Å²) >= 11 is 9.20. The second kappa shape index (κ2) is 10.2. The van der Waals surface area contributed by atoms with Crippen molar-refractivity contribution >= 4 is 56.7 Å². The first-order chi connectivity index (χ1) is 13.2. The van der Waals surface area contributed by atoms with Crippen LogP contribution in [0.2, 0.25) is 5.02 Å². The normalized spacial score (nSPS) is 10.3. The predicted molar refractivity (Wildman–Crippen MR) is 113 cm³/mol. The molecule has 2 amide bonds. The van der Waals surface area contributed by atoms with Crippen molar-refractivity contribution in [3.05, 3.63) is 57.0 Å². The number of ether oxygens (including phenoxy) is 1. The monoisotopic (exact) mass is 466 g/mol. The molecule has 0 saturated heterocycles. The van der Waals surface area contributed by atoms with Gasteiger partial charge in [0.2, 0.25) is 5.91 Å². The standard InChI is InChI=1S/C20H20BrClN2O4/c1-12-3-4-14(9-13(12)2)23-18(25)7-8-20(27)28-11-19(26)24-15-5-6-16(21)17(22)10-15/h3-6,9-10H,7-8,11H2,1-2H3,(H,23,25)(H,24,26). The Morgan fingerprint density at radius 1 is 0.929 bits per heavy atom. The lowest BCUT2D eigenvalue weighted by atomic mass is 10.1. The van der Waals surface area contributed by atoms with E-state index >= 15 is 0 Å². The number of hydrogen-bond acceptors (Lipinski definition) is 4. The number of aryl methyl sites for hydroxylation is 2. The minimum Gasteiger partial charge on any atom is -0.456 e. The lowest BCUT2D eigenvalue weighted by molar-refractivity contribution is -0.147. The van der Waals surface area contributed by atoms with E-state index < -0.39 is 18.5 Å². The van der Waals surface area contributed by atoms with E-state index in [9.17, 15) is 14.4 Å². The van der Waals surface area contributed by atoms with Gasteiger partial charge in [0, 0.05) is 22.3 Å². The fraction of sp³-hybridized carbons (Fsp3) is 0.250. The highest BCUT2D eigenvalue weighted by Gasteiger charge is 2.11. The summed E-state index contributed by atoms with van der Waals surface area (Å²) in [6.45, 7) is 3.50. The van der Waals surface area contributed by atoms with E-state index in [1.54, 1.807) is 24.3 Å².